The van der Waals surface area contributed by atoms with Gasteiger partial charge in [0.1, 0.15) is 5.84 Å². The standard InChI is InChI=1S/C16H24ClN3/c1-11(2)7-8-20(14-5-6-14)10-13-4-3-12(16(18)19)9-15(13)17/h3-4,9,11,14H,5-8,10H2,1-2H3,(H3,18,19). The molecule has 3 nitrogen and oxygen atoms in total. The van der Waals surface area contributed by atoms with E-state index in [1.165, 1.54) is 19.3 Å². The molecule has 0 radical (unpaired) electrons. The average Bonchev–Trinajstić information content (AvgIpc) is 3.19. The Morgan fingerprint density at radius 3 is 2.65 bits per heavy atom. The first-order valence-electron chi connectivity index (χ1n) is 7.34. The van der Waals surface area contributed by atoms with E-state index >= 15 is 0 Å². The van der Waals surface area contributed by atoms with Crippen molar-refractivity contribution in [1.82, 2.24) is 4.90 Å². The van der Waals surface area contributed by atoms with Crippen LogP contribution in [0.4, 0.5) is 0 Å². The van der Waals surface area contributed by atoms with Crippen LogP contribution in [0.15, 0.2) is 18.2 Å². The SMILES string of the molecule is CC(C)CCN(Cc1ccc(C(=N)N)cc1Cl)C1CC1. The quantitative estimate of drug-likeness (QED) is 0.596. The Hall–Kier alpha value is -1.06. The molecular weight excluding hydrogens is 270 g/mol. The van der Waals surface area contributed by atoms with Gasteiger partial charge in [-0.3, -0.25) is 10.3 Å². The van der Waals surface area contributed by atoms with Crippen LogP contribution in [0.5, 0.6) is 0 Å². The van der Waals surface area contributed by atoms with Crippen molar-refractivity contribution in [3.05, 3.63) is 34.3 Å². The number of nitrogens with zero attached hydrogens (tertiary/aromatic N) is 1. The Bertz CT molecular complexity index is 481. The molecule has 1 aromatic rings. The lowest BCUT2D eigenvalue weighted by Crippen LogP contribution is -2.27. The Morgan fingerprint density at radius 2 is 2.15 bits per heavy atom. The van der Waals surface area contributed by atoms with Crippen LogP contribution < -0.4 is 5.73 Å². The number of halogens is 1. The van der Waals surface area contributed by atoms with Crippen LogP contribution in [0, 0.1) is 11.3 Å². The maximum atomic E-state index is 7.44. The van der Waals surface area contributed by atoms with Crippen molar-refractivity contribution < 1.29 is 0 Å². The van der Waals surface area contributed by atoms with Gasteiger partial charge in [-0.25, -0.2) is 0 Å². The van der Waals surface area contributed by atoms with Gasteiger partial charge in [0.15, 0.2) is 0 Å². The fourth-order valence-corrected chi connectivity index (χ4v) is 2.56. The summed E-state index contributed by atoms with van der Waals surface area (Å²) in [4.78, 5) is 2.54. The number of amidine groups is 1. The molecule has 1 aliphatic rings. The van der Waals surface area contributed by atoms with Gasteiger partial charge in [-0.2, -0.15) is 0 Å². The number of hydrogen-bond acceptors (Lipinski definition) is 2. The summed E-state index contributed by atoms with van der Waals surface area (Å²) in [6.07, 6.45) is 3.84. The molecule has 0 aliphatic heterocycles. The van der Waals surface area contributed by atoms with Crippen LogP contribution in [0.3, 0.4) is 0 Å². The van der Waals surface area contributed by atoms with E-state index in [1.807, 2.05) is 12.1 Å². The molecule has 4 heteroatoms. The molecule has 0 saturated heterocycles. The first kappa shape index (κ1) is 15.3. The van der Waals surface area contributed by atoms with E-state index in [1.54, 1.807) is 6.07 Å². The Balaban J connectivity index is 2.04. The maximum Gasteiger partial charge on any atom is 0.122 e. The largest absolute Gasteiger partial charge is 0.384 e. The number of nitrogen functional groups attached to an aromatic ring is 1. The van der Waals surface area contributed by atoms with E-state index in [-0.39, 0.29) is 5.84 Å². The Morgan fingerprint density at radius 1 is 1.45 bits per heavy atom. The highest BCUT2D eigenvalue weighted by molar-refractivity contribution is 6.31. The van der Waals surface area contributed by atoms with Gasteiger partial charge in [0.25, 0.3) is 0 Å². The van der Waals surface area contributed by atoms with Gasteiger partial charge in [-0.05, 0) is 43.4 Å². The minimum atomic E-state index is 0.0670. The summed E-state index contributed by atoms with van der Waals surface area (Å²) >= 11 is 6.33. The molecule has 1 saturated carbocycles. The molecule has 0 atom stereocenters. The van der Waals surface area contributed by atoms with E-state index in [0.29, 0.717) is 10.6 Å². The molecule has 0 aromatic heterocycles. The first-order valence-corrected chi connectivity index (χ1v) is 7.72. The van der Waals surface area contributed by atoms with Crippen LogP contribution in [-0.2, 0) is 6.54 Å². The minimum Gasteiger partial charge on any atom is -0.384 e. The maximum absolute atomic E-state index is 7.44. The smallest absolute Gasteiger partial charge is 0.122 e. The number of rotatable bonds is 7. The fourth-order valence-electron chi connectivity index (χ4n) is 2.32. The van der Waals surface area contributed by atoms with E-state index in [0.717, 1.165) is 30.6 Å². The summed E-state index contributed by atoms with van der Waals surface area (Å²) in [7, 11) is 0. The number of hydrogen-bond donors (Lipinski definition) is 2. The highest BCUT2D eigenvalue weighted by Gasteiger charge is 2.29. The zero-order valence-electron chi connectivity index (χ0n) is 12.3. The first-order chi connectivity index (χ1) is 9.47. The van der Waals surface area contributed by atoms with Gasteiger partial charge in [0.05, 0.1) is 0 Å². The summed E-state index contributed by atoms with van der Waals surface area (Å²) in [5.41, 5.74) is 7.31. The third-order valence-electron chi connectivity index (χ3n) is 3.79. The predicted octanol–water partition coefficient (Wildman–Crippen LogP) is 3.63. The van der Waals surface area contributed by atoms with Gasteiger partial charge in [-0.15, -0.1) is 0 Å². The molecule has 0 heterocycles. The molecular formula is C16H24ClN3. The number of benzene rings is 1. The van der Waals surface area contributed by atoms with Crippen molar-refractivity contribution in [1.29, 1.82) is 5.41 Å². The van der Waals surface area contributed by atoms with Gasteiger partial charge in [-0.1, -0.05) is 37.6 Å². The van der Waals surface area contributed by atoms with Gasteiger partial charge in [0, 0.05) is 23.2 Å². The molecule has 20 heavy (non-hydrogen) atoms. The summed E-state index contributed by atoms with van der Waals surface area (Å²) in [6, 6.07) is 6.42. The predicted molar refractivity (Wildman–Crippen MR) is 85.4 cm³/mol. The van der Waals surface area contributed by atoms with Crippen LogP contribution in [-0.4, -0.2) is 23.3 Å². The van der Waals surface area contributed by atoms with Gasteiger partial charge < -0.3 is 5.73 Å². The van der Waals surface area contributed by atoms with Crippen LogP contribution in [0.1, 0.15) is 44.2 Å². The average molecular weight is 294 g/mol. The second-order valence-corrected chi connectivity index (χ2v) is 6.51. The second-order valence-electron chi connectivity index (χ2n) is 6.10. The summed E-state index contributed by atoms with van der Waals surface area (Å²) in [5, 5.41) is 8.16. The molecule has 110 valence electrons. The van der Waals surface area contributed by atoms with Crippen molar-refractivity contribution >= 4 is 17.4 Å². The van der Waals surface area contributed by atoms with E-state index < -0.39 is 0 Å². The normalized spacial score (nSPS) is 15.1. The van der Waals surface area contributed by atoms with Gasteiger partial charge in [0.2, 0.25) is 0 Å². The van der Waals surface area contributed by atoms with Crippen LogP contribution in [0.25, 0.3) is 0 Å². The topological polar surface area (TPSA) is 53.1 Å². The summed E-state index contributed by atoms with van der Waals surface area (Å²) in [5.74, 6) is 0.795. The molecule has 2 rings (SSSR count). The summed E-state index contributed by atoms with van der Waals surface area (Å²) in [6.45, 7) is 6.56. The van der Waals surface area contributed by atoms with E-state index in [4.69, 9.17) is 22.7 Å². The van der Waals surface area contributed by atoms with E-state index in [2.05, 4.69) is 18.7 Å². The molecule has 0 bridgehead atoms. The lowest BCUT2D eigenvalue weighted by atomic mass is 10.1. The molecule has 1 fully saturated rings. The molecule has 0 unspecified atom stereocenters. The van der Waals surface area contributed by atoms with Crippen LogP contribution >= 0.6 is 11.6 Å². The van der Waals surface area contributed by atoms with Crippen molar-refractivity contribution in [3.8, 4) is 0 Å². The molecule has 0 spiro atoms. The molecule has 1 aromatic carbocycles. The molecule has 1 aliphatic carbocycles. The Kier molecular flexibility index (Phi) is 5.06. The van der Waals surface area contributed by atoms with Crippen molar-refractivity contribution in [2.45, 2.75) is 45.7 Å². The third kappa shape index (κ3) is 4.22. The van der Waals surface area contributed by atoms with Crippen molar-refractivity contribution in [2.24, 2.45) is 11.7 Å². The van der Waals surface area contributed by atoms with Crippen LogP contribution in [0.2, 0.25) is 5.02 Å². The third-order valence-corrected chi connectivity index (χ3v) is 4.15. The highest BCUT2D eigenvalue weighted by Crippen LogP contribution is 2.30. The van der Waals surface area contributed by atoms with Crippen molar-refractivity contribution in [3.63, 3.8) is 0 Å². The zero-order valence-corrected chi connectivity index (χ0v) is 13.1. The zero-order chi connectivity index (χ0) is 14.7. The number of nitrogens with two attached hydrogens (primary N) is 1. The minimum absolute atomic E-state index is 0.0670. The summed E-state index contributed by atoms with van der Waals surface area (Å²) < 4.78 is 0. The lowest BCUT2D eigenvalue weighted by Gasteiger charge is -2.23. The van der Waals surface area contributed by atoms with Gasteiger partial charge >= 0.3 is 0 Å². The number of nitrogens with one attached hydrogen (secondary N) is 1. The fraction of sp³-hybridized carbons (Fsp3) is 0.562. The monoisotopic (exact) mass is 293 g/mol. The second kappa shape index (κ2) is 6.59. The van der Waals surface area contributed by atoms with E-state index in [9.17, 15) is 0 Å². The highest BCUT2D eigenvalue weighted by atomic mass is 35.5. The Labute approximate surface area is 126 Å². The molecule has 3 N–H and O–H groups in total. The lowest BCUT2D eigenvalue weighted by molar-refractivity contribution is 0.239. The van der Waals surface area contributed by atoms with Crippen molar-refractivity contribution in [2.75, 3.05) is 6.54 Å². The molecule has 0 amide bonds.